The number of ether oxygens (including phenoxy) is 2. The Morgan fingerprint density at radius 1 is 1.43 bits per heavy atom. The Labute approximate surface area is 130 Å². The maximum Gasteiger partial charge on any atom is 0.250 e. The van der Waals surface area contributed by atoms with Crippen LogP contribution in [-0.2, 0) is 9.53 Å². The van der Waals surface area contributed by atoms with E-state index in [4.69, 9.17) is 21.1 Å². The third-order valence-electron chi connectivity index (χ3n) is 3.25. The van der Waals surface area contributed by atoms with Crippen molar-refractivity contribution in [2.75, 3.05) is 31.6 Å². The molecule has 0 spiro atoms. The summed E-state index contributed by atoms with van der Waals surface area (Å²) in [5, 5.41) is 6.59. The largest absolute Gasteiger partial charge is 0.492 e. The van der Waals surface area contributed by atoms with Crippen LogP contribution < -0.4 is 15.4 Å². The fourth-order valence-corrected chi connectivity index (χ4v) is 2.40. The topological polar surface area (TPSA) is 59.6 Å². The Balaban J connectivity index is 1.87. The van der Waals surface area contributed by atoms with Crippen LogP contribution in [0.25, 0.3) is 0 Å². The zero-order valence-corrected chi connectivity index (χ0v) is 12.9. The summed E-state index contributed by atoms with van der Waals surface area (Å²) in [5.74, 6) is 0.411. The van der Waals surface area contributed by atoms with Crippen LogP contribution in [0, 0.1) is 0 Å². The molecule has 0 bridgehead atoms. The molecule has 2 N–H and O–H groups in total. The second kappa shape index (κ2) is 8.22. The molecule has 1 aromatic carbocycles. The molecule has 1 fully saturated rings. The lowest BCUT2D eigenvalue weighted by atomic mass is 10.1. The smallest absolute Gasteiger partial charge is 0.250 e. The van der Waals surface area contributed by atoms with Crippen molar-refractivity contribution in [3.63, 3.8) is 0 Å². The first-order valence-electron chi connectivity index (χ1n) is 7.23. The molecule has 0 unspecified atom stereocenters. The quantitative estimate of drug-likeness (QED) is 0.847. The molecule has 0 saturated carbocycles. The van der Waals surface area contributed by atoms with E-state index in [1.165, 1.54) is 0 Å². The minimum absolute atomic E-state index is 0.0444. The number of hydrogen-bond donors (Lipinski definition) is 2. The summed E-state index contributed by atoms with van der Waals surface area (Å²) in [5.41, 5.74) is 0.572. The molecule has 0 aliphatic carbocycles. The van der Waals surface area contributed by atoms with Crippen molar-refractivity contribution in [2.45, 2.75) is 25.9 Å². The number of anilines is 1. The lowest BCUT2D eigenvalue weighted by molar-refractivity contribution is -0.123. The van der Waals surface area contributed by atoms with Crippen LogP contribution in [0.3, 0.4) is 0 Å². The van der Waals surface area contributed by atoms with Crippen molar-refractivity contribution in [1.29, 1.82) is 0 Å². The van der Waals surface area contributed by atoms with E-state index in [-0.39, 0.29) is 18.6 Å². The number of piperidine rings is 1. The fourth-order valence-electron chi connectivity index (χ4n) is 2.22. The van der Waals surface area contributed by atoms with Gasteiger partial charge in [-0.3, -0.25) is 4.79 Å². The molecule has 0 atom stereocenters. The molecule has 1 aliphatic rings. The first-order valence-corrected chi connectivity index (χ1v) is 7.61. The van der Waals surface area contributed by atoms with Crippen molar-refractivity contribution in [1.82, 2.24) is 5.32 Å². The zero-order valence-electron chi connectivity index (χ0n) is 12.2. The molecule has 1 aromatic rings. The van der Waals surface area contributed by atoms with Crippen LogP contribution in [0.2, 0.25) is 5.02 Å². The third kappa shape index (κ3) is 5.19. The van der Waals surface area contributed by atoms with Gasteiger partial charge in [-0.2, -0.15) is 0 Å². The van der Waals surface area contributed by atoms with Gasteiger partial charge in [0.05, 0.1) is 18.4 Å². The summed E-state index contributed by atoms with van der Waals surface area (Å²) < 4.78 is 11.1. The molecule has 1 saturated heterocycles. The number of benzene rings is 1. The van der Waals surface area contributed by atoms with E-state index in [2.05, 4.69) is 10.6 Å². The highest BCUT2D eigenvalue weighted by Crippen LogP contribution is 2.28. The van der Waals surface area contributed by atoms with Gasteiger partial charge in [-0.25, -0.2) is 0 Å². The van der Waals surface area contributed by atoms with Gasteiger partial charge in [0.2, 0.25) is 5.91 Å². The molecule has 1 amide bonds. The number of halogens is 1. The predicted octanol–water partition coefficient (Wildman–Crippen LogP) is 2.45. The van der Waals surface area contributed by atoms with Crippen LogP contribution >= 0.6 is 11.6 Å². The Bertz CT molecular complexity index is 476. The lowest BCUT2D eigenvalue weighted by Crippen LogP contribution is -2.34. The minimum atomic E-state index is -0.197. The molecule has 5 nitrogen and oxygen atoms in total. The predicted molar refractivity (Wildman–Crippen MR) is 83.1 cm³/mol. The molecule has 6 heteroatoms. The second-order valence-electron chi connectivity index (χ2n) is 4.88. The standard InChI is InChI=1S/C15H21ClN2O3/c1-2-20-14-4-3-11(16)9-13(14)18-15(19)10-21-12-5-7-17-8-6-12/h3-4,9,12,17H,2,5-8,10H2,1H3,(H,18,19). The van der Waals surface area contributed by atoms with E-state index in [0.29, 0.717) is 23.1 Å². The van der Waals surface area contributed by atoms with Gasteiger partial charge in [-0.1, -0.05) is 11.6 Å². The molecule has 116 valence electrons. The maximum atomic E-state index is 12.0. The molecular formula is C15H21ClN2O3. The number of nitrogens with one attached hydrogen (secondary N) is 2. The first kappa shape index (κ1) is 16.1. The minimum Gasteiger partial charge on any atom is -0.492 e. The number of rotatable bonds is 6. The lowest BCUT2D eigenvalue weighted by Gasteiger charge is -2.22. The second-order valence-corrected chi connectivity index (χ2v) is 5.32. The monoisotopic (exact) mass is 312 g/mol. The summed E-state index contributed by atoms with van der Waals surface area (Å²) in [6, 6.07) is 5.15. The van der Waals surface area contributed by atoms with E-state index in [0.717, 1.165) is 25.9 Å². The van der Waals surface area contributed by atoms with Crippen LogP contribution in [0.1, 0.15) is 19.8 Å². The SMILES string of the molecule is CCOc1ccc(Cl)cc1NC(=O)COC1CCNCC1. The number of carbonyl (C=O) groups excluding carboxylic acids is 1. The molecule has 0 radical (unpaired) electrons. The van der Waals surface area contributed by atoms with Gasteiger partial charge in [0.15, 0.2) is 0 Å². The van der Waals surface area contributed by atoms with Gasteiger partial charge < -0.3 is 20.1 Å². The van der Waals surface area contributed by atoms with Crippen molar-refractivity contribution < 1.29 is 14.3 Å². The van der Waals surface area contributed by atoms with Crippen LogP contribution in [0.4, 0.5) is 5.69 Å². The Hall–Kier alpha value is -1.30. The molecule has 1 aliphatic heterocycles. The van der Waals surface area contributed by atoms with Gasteiger partial charge >= 0.3 is 0 Å². The van der Waals surface area contributed by atoms with E-state index in [1.807, 2.05) is 6.92 Å². The number of carbonyl (C=O) groups is 1. The Morgan fingerprint density at radius 2 is 2.19 bits per heavy atom. The molecule has 21 heavy (non-hydrogen) atoms. The highest BCUT2D eigenvalue weighted by atomic mass is 35.5. The van der Waals surface area contributed by atoms with Crippen LogP contribution in [-0.4, -0.2) is 38.3 Å². The van der Waals surface area contributed by atoms with Crippen molar-refractivity contribution >= 4 is 23.2 Å². The van der Waals surface area contributed by atoms with Crippen molar-refractivity contribution in [2.24, 2.45) is 0 Å². The highest BCUT2D eigenvalue weighted by Gasteiger charge is 2.15. The fraction of sp³-hybridized carbons (Fsp3) is 0.533. The highest BCUT2D eigenvalue weighted by molar-refractivity contribution is 6.31. The van der Waals surface area contributed by atoms with Crippen molar-refractivity contribution in [3.8, 4) is 5.75 Å². The summed E-state index contributed by atoms with van der Waals surface area (Å²) in [4.78, 5) is 12.0. The average molecular weight is 313 g/mol. The third-order valence-corrected chi connectivity index (χ3v) is 3.49. The normalized spacial score (nSPS) is 15.7. The van der Waals surface area contributed by atoms with Gasteiger partial charge in [-0.05, 0) is 51.1 Å². The average Bonchev–Trinajstić information content (AvgIpc) is 2.49. The van der Waals surface area contributed by atoms with Crippen LogP contribution in [0.15, 0.2) is 18.2 Å². The Kier molecular flexibility index (Phi) is 6.29. The first-order chi connectivity index (χ1) is 10.2. The summed E-state index contributed by atoms with van der Waals surface area (Å²) in [6.45, 7) is 4.34. The molecule has 0 aromatic heterocycles. The van der Waals surface area contributed by atoms with Gasteiger partial charge in [0.1, 0.15) is 12.4 Å². The van der Waals surface area contributed by atoms with Gasteiger partial charge in [-0.15, -0.1) is 0 Å². The molecule has 1 heterocycles. The van der Waals surface area contributed by atoms with E-state index in [1.54, 1.807) is 18.2 Å². The summed E-state index contributed by atoms with van der Waals surface area (Å²) >= 11 is 5.95. The molecule has 2 rings (SSSR count). The van der Waals surface area contributed by atoms with Gasteiger partial charge in [0.25, 0.3) is 0 Å². The number of hydrogen-bond acceptors (Lipinski definition) is 4. The van der Waals surface area contributed by atoms with E-state index >= 15 is 0 Å². The molecular weight excluding hydrogens is 292 g/mol. The van der Waals surface area contributed by atoms with Crippen molar-refractivity contribution in [3.05, 3.63) is 23.2 Å². The van der Waals surface area contributed by atoms with Gasteiger partial charge in [0, 0.05) is 5.02 Å². The Morgan fingerprint density at radius 3 is 2.90 bits per heavy atom. The zero-order chi connectivity index (χ0) is 15.1. The van der Waals surface area contributed by atoms with Crippen LogP contribution in [0.5, 0.6) is 5.75 Å². The summed E-state index contributed by atoms with van der Waals surface area (Å²) in [7, 11) is 0. The van der Waals surface area contributed by atoms with E-state index < -0.39 is 0 Å². The number of amides is 1. The van der Waals surface area contributed by atoms with E-state index in [9.17, 15) is 4.79 Å². The maximum absolute atomic E-state index is 12.0. The summed E-state index contributed by atoms with van der Waals surface area (Å²) in [6.07, 6.45) is 2.03.